The Labute approximate surface area is 113 Å². The number of hydrogen-bond donors (Lipinski definition) is 0. The topological polar surface area (TPSA) is 29.5 Å². The Morgan fingerprint density at radius 3 is 3.06 bits per heavy atom. The number of nitrogens with zero attached hydrogens (tertiary/aromatic N) is 1. The molecule has 0 fully saturated rings. The van der Waals surface area contributed by atoms with Gasteiger partial charge < -0.3 is 9.64 Å². The highest BCUT2D eigenvalue weighted by Gasteiger charge is 2.26. The Morgan fingerprint density at radius 2 is 2.33 bits per heavy atom. The smallest absolute Gasteiger partial charge is 0.305 e. The van der Waals surface area contributed by atoms with Gasteiger partial charge in [-0.2, -0.15) is 0 Å². The SMILES string of the molecule is CCOC(=O)CCC1CN(C)c2ccc(Cl)cc21. The number of carbonyl (C=O) groups excluding carboxylic acids is 1. The first-order valence-electron chi connectivity index (χ1n) is 6.28. The molecule has 0 bridgehead atoms. The average molecular weight is 268 g/mol. The van der Waals surface area contributed by atoms with Crippen molar-refractivity contribution < 1.29 is 9.53 Å². The van der Waals surface area contributed by atoms with E-state index in [0.29, 0.717) is 18.9 Å². The number of hydrogen-bond acceptors (Lipinski definition) is 3. The first kappa shape index (κ1) is 13.2. The molecule has 1 aromatic carbocycles. The second-order valence-electron chi connectivity index (χ2n) is 4.62. The summed E-state index contributed by atoms with van der Waals surface area (Å²) >= 11 is 6.04. The quantitative estimate of drug-likeness (QED) is 0.785. The summed E-state index contributed by atoms with van der Waals surface area (Å²) in [6, 6.07) is 5.96. The van der Waals surface area contributed by atoms with E-state index in [2.05, 4.69) is 11.9 Å². The number of anilines is 1. The molecular weight excluding hydrogens is 250 g/mol. The zero-order valence-corrected chi connectivity index (χ0v) is 11.5. The fourth-order valence-corrected chi connectivity index (χ4v) is 2.68. The fourth-order valence-electron chi connectivity index (χ4n) is 2.50. The molecule has 1 aromatic rings. The molecule has 1 aliphatic heterocycles. The van der Waals surface area contributed by atoms with E-state index in [-0.39, 0.29) is 5.97 Å². The standard InChI is InChI=1S/C14H18ClNO2/c1-3-18-14(17)7-4-10-9-16(2)13-6-5-11(15)8-12(10)13/h5-6,8,10H,3-4,7,9H2,1-2H3. The van der Waals surface area contributed by atoms with Gasteiger partial charge in [0.2, 0.25) is 0 Å². The van der Waals surface area contributed by atoms with Crippen LogP contribution in [0.5, 0.6) is 0 Å². The van der Waals surface area contributed by atoms with Gasteiger partial charge in [0.1, 0.15) is 0 Å². The third kappa shape index (κ3) is 2.78. The van der Waals surface area contributed by atoms with Crippen LogP contribution in [0, 0.1) is 0 Å². The number of ether oxygens (including phenoxy) is 1. The summed E-state index contributed by atoms with van der Waals surface area (Å²) in [6.07, 6.45) is 1.29. The predicted molar refractivity (Wildman–Crippen MR) is 73.3 cm³/mol. The van der Waals surface area contributed by atoms with Crippen LogP contribution in [0.2, 0.25) is 5.02 Å². The van der Waals surface area contributed by atoms with Crippen molar-refractivity contribution in [1.29, 1.82) is 0 Å². The molecular formula is C14H18ClNO2. The van der Waals surface area contributed by atoms with Gasteiger partial charge in [-0.25, -0.2) is 0 Å². The lowest BCUT2D eigenvalue weighted by molar-refractivity contribution is -0.143. The van der Waals surface area contributed by atoms with E-state index < -0.39 is 0 Å². The first-order chi connectivity index (χ1) is 8.61. The van der Waals surface area contributed by atoms with E-state index in [1.54, 1.807) is 0 Å². The lowest BCUT2D eigenvalue weighted by Crippen LogP contribution is -2.16. The molecule has 98 valence electrons. The second-order valence-corrected chi connectivity index (χ2v) is 5.06. The van der Waals surface area contributed by atoms with Crippen LogP contribution in [0.25, 0.3) is 0 Å². The summed E-state index contributed by atoms with van der Waals surface area (Å²) in [6.45, 7) is 3.22. The van der Waals surface area contributed by atoms with Gasteiger partial charge >= 0.3 is 5.97 Å². The Hall–Kier alpha value is -1.22. The van der Waals surface area contributed by atoms with Crippen LogP contribution >= 0.6 is 11.6 Å². The maximum absolute atomic E-state index is 11.4. The minimum absolute atomic E-state index is 0.115. The van der Waals surface area contributed by atoms with E-state index >= 15 is 0 Å². The van der Waals surface area contributed by atoms with Gasteiger partial charge in [-0.15, -0.1) is 0 Å². The lowest BCUT2D eigenvalue weighted by atomic mass is 9.96. The van der Waals surface area contributed by atoms with Crippen molar-refractivity contribution in [3.63, 3.8) is 0 Å². The molecule has 4 heteroatoms. The van der Waals surface area contributed by atoms with Gasteiger partial charge in [-0.3, -0.25) is 4.79 Å². The van der Waals surface area contributed by atoms with E-state index in [1.807, 2.05) is 25.1 Å². The third-order valence-corrected chi connectivity index (χ3v) is 3.57. The van der Waals surface area contributed by atoms with Gasteiger partial charge in [0.05, 0.1) is 6.61 Å². The molecule has 1 atom stereocenters. The van der Waals surface area contributed by atoms with Crippen molar-refractivity contribution in [3.05, 3.63) is 28.8 Å². The van der Waals surface area contributed by atoms with Crippen molar-refractivity contribution in [1.82, 2.24) is 0 Å². The van der Waals surface area contributed by atoms with E-state index in [4.69, 9.17) is 16.3 Å². The minimum atomic E-state index is -0.115. The van der Waals surface area contributed by atoms with Crippen LogP contribution in [0.3, 0.4) is 0 Å². The second kappa shape index (κ2) is 5.61. The van der Waals surface area contributed by atoms with Gasteiger partial charge in [0.15, 0.2) is 0 Å². The molecule has 0 saturated carbocycles. The summed E-state index contributed by atoms with van der Waals surface area (Å²) in [5.41, 5.74) is 2.46. The van der Waals surface area contributed by atoms with Crippen LogP contribution in [-0.2, 0) is 9.53 Å². The number of halogens is 1. The van der Waals surface area contributed by atoms with Crippen molar-refractivity contribution in [3.8, 4) is 0 Å². The third-order valence-electron chi connectivity index (χ3n) is 3.34. The lowest BCUT2D eigenvalue weighted by Gasteiger charge is -2.12. The highest BCUT2D eigenvalue weighted by Crippen LogP contribution is 2.39. The maximum Gasteiger partial charge on any atom is 0.305 e. The van der Waals surface area contributed by atoms with Crippen LogP contribution in [0.1, 0.15) is 31.2 Å². The summed E-state index contributed by atoms with van der Waals surface area (Å²) in [5.74, 6) is 0.253. The molecule has 1 aliphatic rings. The highest BCUT2D eigenvalue weighted by atomic mass is 35.5. The first-order valence-corrected chi connectivity index (χ1v) is 6.65. The molecule has 0 N–H and O–H groups in total. The Bertz CT molecular complexity index is 447. The number of fused-ring (bicyclic) bond motifs is 1. The van der Waals surface area contributed by atoms with Crippen LogP contribution in [-0.4, -0.2) is 26.2 Å². The molecule has 0 aromatic heterocycles. The van der Waals surface area contributed by atoms with Crippen LogP contribution in [0.15, 0.2) is 18.2 Å². The highest BCUT2D eigenvalue weighted by molar-refractivity contribution is 6.30. The summed E-state index contributed by atoms with van der Waals surface area (Å²) in [5, 5.41) is 0.755. The molecule has 18 heavy (non-hydrogen) atoms. The van der Waals surface area contributed by atoms with E-state index in [1.165, 1.54) is 11.3 Å². The number of carbonyl (C=O) groups is 1. The summed E-state index contributed by atoms with van der Waals surface area (Å²) < 4.78 is 4.96. The van der Waals surface area contributed by atoms with Gasteiger partial charge in [0, 0.05) is 36.6 Å². The Morgan fingerprint density at radius 1 is 1.56 bits per heavy atom. The molecule has 0 radical (unpaired) electrons. The number of esters is 1. The molecule has 0 aliphatic carbocycles. The Kier molecular flexibility index (Phi) is 4.12. The van der Waals surface area contributed by atoms with Gasteiger partial charge in [-0.05, 0) is 37.1 Å². The fraction of sp³-hybridized carbons (Fsp3) is 0.500. The van der Waals surface area contributed by atoms with Crippen LogP contribution < -0.4 is 4.90 Å². The Balaban J connectivity index is 2.04. The monoisotopic (exact) mass is 267 g/mol. The molecule has 0 spiro atoms. The normalized spacial score (nSPS) is 17.7. The predicted octanol–water partition coefficient (Wildman–Crippen LogP) is 3.22. The maximum atomic E-state index is 11.4. The minimum Gasteiger partial charge on any atom is -0.466 e. The van der Waals surface area contributed by atoms with Crippen molar-refractivity contribution in [2.45, 2.75) is 25.7 Å². The van der Waals surface area contributed by atoms with Gasteiger partial charge in [0.25, 0.3) is 0 Å². The van der Waals surface area contributed by atoms with E-state index in [9.17, 15) is 4.79 Å². The summed E-state index contributed by atoms with van der Waals surface area (Å²) in [4.78, 5) is 13.6. The molecule has 2 rings (SSSR count). The number of rotatable bonds is 4. The van der Waals surface area contributed by atoms with E-state index in [0.717, 1.165) is 18.0 Å². The van der Waals surface area contributed by atoms with Crippen molar-refractivity contribution in [2.24, 2.45) is 0 Å². The van der Waals surface area contributed by atoms with Gasteiger partial charge in [-0.1, -0.05) is 11.6 Å². The molecule has 0 amide bonds. The largest absolute Gasteiger partial charge is 0.466 e. The molecule has 3 nitrogen and oxygen atoms in total. The van der Waals surface area contributed by atoms with Crippen LogP contribution in [0.4, 0.5) is 5.69 Å². The van der Waals surface area contributed by atoms with Crippen molar-refractivity contribution in [2.75, 3.05) is 25.1 Å². The zero-order chi connectivity index (χ0) is 13.1. The number of benzene rings is 1. The molecule has 1 heterocycles. The zero-order valence-electron chi connectivity index (χ0n) is 10.8. The summed E-state index contributed by atoms with van der Waals surface area (Å²) in [7, 11) is 2.07. The van der Waals surface area contributed by atoms with Crippen molar-refractivity contribution >= 4 is 23.3 Å². The molecule has 1 unspecified atom stereocenters. The average Bonchev–Trinajstić information content (AvgIpc) is 2.63. The molecule has 0 saturated heterocycles. The number of likely N-dealkylation sites (N-methyl/N-ethyl adjacent to an activating group) is 1.